The summed E-state index contributed by atoms with van der Waals surface area (Å²) in [5.41, 5.74) is -1.90. The number of aliphatic hydroxyl groups is 1. The zero-order valence-electron chi connectivity index (χ0n) is 11.8. The zero-order chi connectivity index (χ0) is 14.5. The summed E-state index contributed by atoms with van der Waals surface area (Å²) in [4.78, 5) is 22.5. The number of nitrogens with one attached hydrogen (secondary N) is 1. The maximum absolute atomic E-state index is 11.8. The van der Waals surface area contributed by atoms with E-state index in [-0.39, 0.29) is 12.5 Å². The Bertz CT molecular complexity index is 321. The van der Waals surface area contributed by atoms with Crippen LogP contribution in [0.5, 0.6) is 0 Å². The van der Waals surface area contributed by atoms with Gasteiger partial charge in [0.1, 0.15) is 0 Å². The SMILES string of the molecule is CC(CC(=O)NCC(C)(O)C(=O)O)C1CCCCC1. The molecule has 2 atom stereocenters. The van der Waals surface area contributed by atoms with Crippen LogP contribution in [-0.4, -0.2) is 34.2 Å². The molecule has 1 saturated carbocycles. The average Bonchev–Trinajstić information content (AvgIpc) is 2.37. The van der Waals surface area contributed by atoms with Crippen molar-refractivity contribution in [1.82, 2.24) is 5.32 Å². The highest BCUT2D eigenvalue weighted by Gasteiger charge is 2.30. The molecule has 1 rings (SSSR count). The third-order valence-electron chi connectivity index (χ3n) is 4.05. The molecule has 5 heteroatoms. The van der Waals surface area contributed by atoms with Gasteiger partial charge in [-0.05, 0) is 18.8 Å². The van der Waals surface area contributed by atoms with Crippen LogP contribution in [-0.2, 0) is 9.59 Å². The molecule has 3 N–H and O–H groups in total. The molecule has 1 aliphatic rings. The van der Waals surface area contributed by atoms with Gasteiger partial charge in [0.15, 0.2) is 5.60 Å². The number of amides is 1. The number of rotatable bonds is 6. The quantitative estimate of drug-likeness (QED) is 0.684. The lowest BCUT2D eigenvalue weighted by Crippen LogP contribution is -2.46. The predicted molar refractivity (Wildman–Crippen MR) is 71.6 cm³/mol. The number of carbonyl (C=O) groups excluding carboxylic acids is 1. The van der Waals surface area contributed by atoms with Crippen LogP contribution in [0.4, 0.5) is 0 Å². The summed E-state index contributed by atoms with van der Waals surface area (Å²) < 4.78 is 0. The minimum atomic E-state index is -1.90. The smallest absolute Gasteiger partial charge is 0.337 e. The van der Waals surface area contributed by atoms with Crippen LogP contribution in [0.1, 0.15) is 52.4 Å². The van der Waals surface area contributed by atoms with Crippen LogP contribution in [0.2, 0.25) is 0 Å². The summed E-state index contributed by atoms with van der Waals surface area (Å²) >= 11 is 0. The molecule has 2 unspecified atom stereocenters. The Morgan fingerprint density at radius 3 is 2.42 bits per heavy atom. The van der Waals surface area contributed by atoms with Gasteiger partial charge in [0.2, 0.25) is 5.91 Å². The Kier molecular flexibility index (Phi) is 5.79. The fraction of sp³-hybridized carbons (Fsp3) is 0.857. The summed E-state index contributed by atoms with van der Waals surface area (Å²) in [6.45, 7) is 3.00. The van der Waals surface area contributed by atoms with Crippen LogP contribution in [0.15, 0.2) is 0 Å². The lowest BCUT2D eigenvalue weighted by molar-refractivity contribution is -0.156. The first kappa shape index (κ1) is 16.0. The van der Waals surface area contributed by atoms with Crippen molar-refractivity contribution < 1.29 is 19.8 Å². The first-order valence-electron chi connectivity index (χ1n) is 7.05. The van der Waals surface area contributed by atoms with E-state index < -0.39 is 11.6 Å². The number of hydrogen-bond donors (Lipinski definition) is 3. The van der Waals surface area contributed by atoms with Crippen LogP contribution in [0, 0.1) is 11.8 Å². The molecule has 0 aromatic heterocycles. The summed E-state index contributed by atoms with van der Waals surface area (Å²) in [5, 5.41) is 20.8. The first-order chi connectivity index (χ1) is 8.83. The largest absolute Gasteiger partial charge is 0.479 e. The van der Waals surface area contributed by atoms with Crippen molar-refractivity contribution in [3.05, 3.63) is 0 Å². The van der Waals surface area contributed by atoms with Gasteiger partial charge in [-0.2, -0.15) is 0 Å². The van der Waals surface area contributed by atoms with E-state index in [0.29, 0.717) is 18.3 Å². The number of aliphatic carboxylic acids is 1. The van der Waals surface area contributed by atoms with Crippen molar-refractivity contribution in [1.29, 1.82) is 0 Å². The van der Waals surface area contributed by atoms with E-state index in [2.05, 4.69) is 12.2 Å². The van der Waals surface area contributed by atoms with E-state index in [1.165, 1.54) is 39.0 Å². The molecule has 0 spiro atoms. The lowest BCUT2D eigenvalue weighted by Gasteiger charge is -2.27. The molecular weight excluding hydrogens is 246 g/mol. The molecule has 110 valence electrons. The second-order valence-corrected chi connectivity index (χ2v) is 5.94. The van der Waals surface area contributed by atoms with Gasteiger partial charge in [0.05, 0.1) is 6.54 Å². The molecule has 0 aliphatic heterocycles. The summed E-state index contributed by atoms with van der Waals surface area (Å²) in [5.74, 6) is -0.595. The summed E-state index contributed by atoms with van der Waals surface area (Å²) in [6, 6.07) is 0. The van der Waals surface area contributed by atoms with Gasteiger partial charge >= 0.3 is 5.97 Å². The van der Waals surface area contributed by atoms with Crippen molar-refractivity contribution in [2.24, 2.45) is 11.8 Å². The Hall–Kier alpha value is -1.10. The highest BCUT2D eigenvalue weighted by Crippen LogP contribution is 2.31. The fourth-order valence-corrected chi connectivity index (χ4v) is 2.58. The molecule has 0 heterocycles. The van der Waals surface area contributed by atoms with Crippen molar-refractivity contribution in [2.45, 2.75) is 58.0 Å². The summed E-state index contributed by atoms with van der Waals surface area (Å²) in [6.07, 6.45) is 6.54. The Morgan fingerprint density at radius 1 is 1.32 bits per heavy atom. The molecule has 1 fully saturated rings. The third kappa shape index (κ3) is 5.19. The van der Waals surface area contributed by atoms with Crippen molar-refractivity contribution in [3.8, 4) is 0 Å². The molecule has 5 nitrogen and oxygen atoms in total. The molecule has 0 bridgehead atoms. The molecule has 19 heavy (non-hydrogen) atoms. The van der Waals surface area contributed by atoms with Gasteiger partial charge in [-0.3, -0.25) is 4.79 Å². The second kappa shape index (κ2) is 6.89. The third-order valence-corrected chi connectivity index (χ3v) is 4.05. The normalized spacial score (nSPS) is 21.4. The Balaban J connectivity index is 2.32. The molecule has 0 aromatic rings. The minimum Gasteiger partial charge on any atom is -0.479 e. The van der Waals surface area contributed by atoms with Gasteiger partial charge < -0.3 is 15.5 Å². The van der Waals surface area contributed by atoms with E-state index >= 15 is 0 Å². The zero-order valence-corrected chi connectivity index (χ0v) is 11.8. The van der Waals surface area contributed by atoms with Gasteiger partial charge in [-0.15, -0.1) is 0 Å². The molecule has 0 saturated heterocycles. The van der Waals surface area contributed by atoms with E-state index in [4.69, 9.17) is 5.11 Å². The molecule has 1 amide bonds. The number of hydrogen-bond acceptors (Lipinski definition) is 3. The van der Waals surface area contributed by atoms with Crippen molar-refractivity contribution >= 4 is 11.9 Å². The summed E-state index contributed by atoms with van der Waals surface area (Å²) in [7, 11) is 0. The second-order valence-electron chi connectivity index (χ2n) is 5.94. The minimum absolute atomic E-state index is 0.181. The monoisotopic (exact) mass is 271 g/mol. The Labute approximate surface area is 114 Å². The topological polar surface area (TPSA) is 86.6 Å². The van der Waals surface area contributed by atoms with Gasteiger partial charge in [0, 0.05) is 6.42 Å². The maximum Gasteiger partial charge on any atom is 0.337 e. The Morgan fingerprint density at radius 2 is 1.89 bits per heavy atom. The number of carbonyl (C=O) groups is 2. The van der Waals surface area contributed by atoms with Crippen molar-refractivity contribution in [2.75, 3.05) is 6.54 Å². The van der Waals surface area contributed by atoms with Gasteiger partial charge in [0.25, 0.3) is 0 Å². The van der Waals surface area contributed by atoms with Crippen molar-refractivity contribution in [3.63, 3.8) is 0 Å². The van der Waals surface area contributed by atoms with Gasteiger partial charge in [-0.1, -0.05) is 39.0 Å². The van der Waals surface area contributed by atoms with Gasteiger partial charge in [-0.25, -0.2) is 4.79 Å². The van der Waals surface area contributed by atoms with E-state index in [1.807, 2.05) is 0 Å². The maximum atomic E-state index is 11.8. The molecule has 1 aliphatic carbocycles. The highest BCUT2D eigenvalue weighted by atomic mass is 16.4. The number of carboxylic acid groups (broad SMARTS) is 1. The standard InChI is InChI=1S/C14H25NO4/c1-10(11-6-4-3-5-7-11)8-12(16)15-9-14(2,19)13(17)18/h10-11,19H,3-9H2,1-2H3,(H,15,16)(H,17,18). The van der Waals surface area contributed by atoms with E-state index in [9.17, 15) is 14.7 Å². The molecule has 0 radical (unpaired) electrons. The average molecular weight is 271 g/mol. The molecular formula is C14H25NO4. The van der Waals surface area contributed by atoms with E-state index in [1.54, 1.807) is 0 Å². The van der Waals surface area contributed by atoms with Crippen LogP contribution in [0.25, 0.3) is 0 Å². The van der Waals surface area contributed by atoms with Crippen LogP contribution >= 0.6 is 0 Å². The van der Waals surface area contributed by atoms with Crippen LogP contribution < -0.4 is 5.32 Å². The van der Waals surface area contributed by atoms with E-state index in [0.717, 1.165) is 0 Å². The van der Waals surface area contributed by atoms with Crippen LogP contribution in [0.3, 0.4) is 0 Å². The predicted octanol–water partition coefficient (Wildman–Crippen LogP) is 1.54. The molecule has 0 aromatic carbocycles. The highest BCUT2D eigenvalue weighted by molar-refractivity contribution is 5.80. The fourth-order valence-electron chi connectivity index (χ4n) is 2.58. The number of carboxylic acids is 1. The lowest BCUT2D eigenvalue weighted by atomic mass is 9.79. The first-order valence-corrected chi connectivity index (χ1v) is 7.05.